The lowest BCUT2D eigenvalue weighted by Crippen LogP contribution is -2.12. The monoisotopic (exact) mass is 326 g/mol. The topological polar surface area (TPSA) is 92.4 Å². The zero-order valence-corrected chi connectivity index (χ0v) is 12.7. The number of hydrogen-bond acceptors (Lipinski definition) is 4. The summed E-state index contributed by atoms with van der Waals surface area (Å²) < 4.78 is 22.5. The highest BCUT2D eigenvalue weighted by molar-refractivity contribution is 7.89. The molecule has 0 amide bonds. The van der Waals surface area contributed by atoms with Crippen molar-refractivity contribution in [2.75, 3.05) is 11.9 Å². The maximum atomic E-state index is 11.3. The molecule has 0 aliphatic carbocycles. The predicted molar refractivity (Wildman–Crippen MR) is 83.3 cm³/mol. The second-order valence-electron chi connectivity index (χ2n) is 4.49. The SMILES string of the molecule is NS(=O)(=O)c1ccc(Nc2ccc(CCO)cc2)cc1Cl. The van der Waals surface area contributed by atoms with Gasteiger partial charge in [-0.2, -0.15) is 0 Å². The summed E-state index contributed by atoms with van der Waals surface area (Å²) in [5.74, 6) is 0. The van der Waals surface area contributed by atoms with Gasteiger partial charge in [0.1, 0.15) is 4.90 Å². The molecule has 0 spiro atoms. The molecule has 2 rings (SSSR count). The molecule has 0 aliphatic heterocycles. The van der Waals surface area contributed by atoms with E-state index in [4.69, 9.17) is 21.8 Å². The van der Waals surface area contributed by atoms with Gasteiger partial charge >= 0.3 is 0 Å². The standard InChI is InChI=1S/C14H15ClN2O3S/c15-13-9-12(5-6-14(13)21(16,19)20)17-11-3-1-10(2-4-11)7-8-18/h1-6,9,17-18H,7-8H2,(H2,16,19,20). The molecule has 0 unspecified atom stereocenters. The van der Waals surface area contributed by atoms with Crippen molar-refractivity contribution in [1.82, 2.24) is 0 Å². The Morgan fingerprint density at radius 1 is 1.10 bits per heavy atom. The van der Waals surface area contributed by atoms with E-state index < -0.39 is 10.0 Å². The Morgan fingerprint density at radius 3 is 2.24 bits per heavy atom. The lowest BCUT2D eigenvalue weighted by Gasteiger charge is -2.09. The molecule has 0 saturated heterocycles. The van der Waals surface area contributed by atoms with Crippen LogP contribution in [-0.4, -0.2) is 20.1 Å². The number of rotatable bonds is 5. The van der Waals surface area contributed by atoms with Crippen LogP contribution in [0.3, 0.4) is 0 Å². The fraction of sp³-hybridized carbons (Fsp3) is 0.143. The number of aliphatic hydroxyl groups excluding tert-OH is 1. The van der Waals surface area contributed by atoms with E-state index in [1.54, 1.807) is 6.07 Å². The maximum Gasteiger partial charge on any atom is 0.239 e. The summed E-state index contributed by atoms with van der Waals surface area (Å²) in [6, 6.07) is 12.0. The van der Waals surface area contributed by atoms with Crippen molar-refractivity contribution in [1.29, 1.82) is 0 Å². The molecule has 0 aliphatic rings. The normalized spacial score (nSPS) is 11.4. The predicted octanol–water partition coefficient (Wildman–Crippen LogP) is 2.27. The highest BCUT2D eigenvalue weighted by atomic mass is 35.5. The molecule has 0 bridgehead atoms. The molecule has 7 heteroatoms. The zero-order chi connectivity index (χ0) is 15.5. The Hall–Kier alpha value is -1.60. The molecule has 2 aromatic carbocycles. The van der Waals surface area contributed by atoms with Crippen molar-refractivity contribution < 1.29 is 13.5 Å². The third kappa shape index (κ3) is 4.18. The molecular formula is C14H15ClN2O3S. The Balaban J connectivity index is 2.18. The molecule has 21 heavy (non-hydrogen) atoms. The van der Waals surface area contributed by atoms with Crippen LogP contribution in [0, 0.1) is 0 Å². The highest BCUT2D eigenvalue weighted by Crippen LogP contribution is 2.26. The van der Waals surface area contributed by atoms with Crippen molar-refractivity contribution in [3.05, 3.63) is 53.1 Å². The van der Waals surface area contributed by atoms with Gasteiger partial charge in [-0.15, -0.1) is 0 Å². The van der Waals surface area contributed by atoms with E-state index >= 15 is 0 Å². The molecule has 0 saturated carbocycles. The van der Waals surface area contributed by atoms with Gasteiger partial charge in [0.05, 0.1) is 5.02 Å². The number of primary sulfonamides is 1. The van der Waals surface area contributed by atoms with E-state index in [0.29, 0.717) is 12.1 Å². The van der Waals surface area contributed by atoms with Crippen LogP contribution in [0.1, 0.15) is 5.56 Å². The maximum absolute atomic E-state index is 11.3. The summed E-state index contributed by atoms with van der Waals surface area (Å²) in [7, 11) is -3.82. The Bertz CT molecular complexity index is 730. The number of sulfonamides is 1. The van der Waals surface area contributed by atoms with Crippen LogP contribution in [0.4, 0.5) is 11.4 Å². The lowest BCUT2D eigenvalue weighted by atomic mass is 10.1. The van der Waals surface area contributed by atoms with Gasteiger partial charge in [-0.3, -0.25) is 0 Å². The quantitative estimate of drug-likeness (QED) is 0.785. The fourth-order valence-electron chi connectivity index (χ4n) is 1.86. The number of anilines is 2. The summed E-state index contributed by atoms with van der Waals surface area (Å²) in [5, 5.41) is 17.1. The van der Waals surface area contributed by atoms with E-state index in [1.807, 2.05) is 24.3 Å². The minimum atomic E-state index is -3.82. The second kappa shape index (κ2) is 6.44. The van der Waals surface area contributed by atoms with E-state index in [0.717, 1.165) is 11.3 Å². The number of aliphatic hydroxyl groups is 1. The van der Waals surface area contributed by atoms with E-state index in [1.165, 1.54) is 12.1 Å². The van der Waals surface area contributed by atoms with E-state index in [9.17, 15) is 8.42 Å². The van der Waals surface area contributed by atoms with Crippen LogP contribution in [0.15, 0.2) is 47.4 Å². The van der Waals surface area contributed by atoms with Crippen LogP contribution in [0.2, 0.25) is 5.02 Å². The first-order chi connectivity index (χ1) is 9.90. The Labute approximate surface area is 128 Å². The second-order valence-corrected chi connectivity index (χ2v) is 6.42. The average molecular weight is 327 g/mol. The third-order valence-electron chi connectivity index (χ3n) is 2.88. The highest BCUT2D eigenvalue weighted by Gasteiger charge is 2.12. The molecule has 0 radical (unpaired) electrons. The van der Waals surface area contributed by atoms with Crippen molar-refractivity contribution in [3.63, 3.8) is 0 Å². The van der Waals surface area contributed by atoms with Crippen LogP contribution in [0.5, 0.6) is 0 Å². The summed E-state index contributed by atoms with van der Waals surface area (Å²) in [6.07, 6.45) is 0.606. The minimum Gasteiger partial charge on any atom is -0.396 e. The fourth-order valence-corrected chi connectivity index (χ4v) is 2.95. The third-order valence-corrected chi connectivity index (χ3v) is 4.28. The van der Waals surface area contributed by atoms with Crippen molar-refractivity contribution in [2.45, 2.75) is 11.3 Å². The summed E-state index contributed by atoms with van der Waals surface area (Å²) >= 11 is 5.92. The molecule has 0 heterocycles. The van der Waals surface area contributed by atoms with Gasteiger partial charge in [0.2, 0.25) is 10.0 Å². The molecule has 5 nitrogen and oxygen atoms in total. The molecule has 0 aromatic heterocycles. The molecule has 0 fully saturated rings. The molecule has 0 atom stereocenters. The number of nitrogens with one attached hydrogen (secondary N) is 1. The lowest BCUT2D eigenvalue weighted by molar-refractivity contribution is 0.299. The molecule has 4 N–H and O–H groups in total. The van der Waals surface area contributed by atoms with E-state index in [2.05, 4.69) is 5.32 Å². The van der Waals surface area contributed by atoms with Gasteiger partial charge in [-0.05, 0) is 42.3 Å². The average Bonchev–Trinajstić information content (AvgIpc) is 2.40. The van der Waals surface area contributed by atoms with Gasteiger partial charge in [0, 0.05) is 18.0 Å². The zero-order valence-electron chi connectivity index (χ0n) is 11.1. The summed E-state index contributed by atoms with van der Waals surface area (Å²) in [4.78, 5) is -0.104. The Kier molecular flexibility index (Phi) is 4.84. The summed E-state index contributed by atoms with van der Waals surface area (Å²) in [5.41, 5.74) is 2.52. The van der Waals surface area contributed by atoms with Crippen LogP contribution in [-0.2, 0) is 16.4 Å². The van der Waals surface area contributed by atoms with Gasteiger partial charge in [-0.1, -0.05) is 23.7 Å². The van der Waals surface area contributed by atoms with Crippen LogP contribution in [0.25, 0.3) is 0 Å². The minimum absolute atomic E-state index is 0.0689. The molecule has 2 aromatic rings. The van der Waals surface area contributed by atoms with Crippen LogP contribution < -0.4 is 10.5 Å². The largest absolute Gasteiger partial charge is 0.396 e. The number of halogens is 1. The number of hydrogen-bond donors (Lipinski definition) is 3. The van der Waals surface area contributed by atoms with Crippen molar-refractivity contribution >= 4 is 33.0 Å². The summed E-state index contributed by atoms with van der Waals surface area (Å²) in [6.45, 7) is 0.109. The Morgan fingerprint density at radius 2 is 1.71 bits per heavy atom. The van der Waals surface area contributed by atoms with Gasteiger partial charge < -0.3 is 10.4 Å². The van der Waals surface area contributed by atoms with E-state index in [-0.39, 0.29) is 16.5 Å². The van der Waals surface area contributed by atoms with Crippen LogP contribution >= 0.6 is 11.6 Å². The van der Waals surface area contributed by atoms with Crippen molar-refractivity contribution in [3.8, 4) is 0 Å². The first kappa shape index (κ1) is 15.8. The number of nitrogens with two attached hydrogens (primary N) is 1. The van der Waals surface area contributed by atoms with Gasteiger partial charge in [0.15, 0.2) is 0 Å². The first-order valence-corrected chi connectivity index (χ1v) is 8.12. The van der Waals surface area contributed by atoms with Gasteiger partial charge in [-0.25, -0.2) is 13.6 Å². The molecular weight excluding hydrogens is 312 g/mol. The number of benzene rings is 2. The smallest absolute Gasteiger partial charge is 0.239 e. The van der Waals surface area contributed by atoms with Crippen molar-refractivity contribution in [2.24, 2.45) is 5.14 Å². The van der Waals surface area contributed by atoms with Gasteiger partial charge in [0.25, 0.3) is 0 Å². The first-order valence-electron chi connectivity index (χ1n) is 6.19. The molecule has 112 valence electrons.